The molecule has 5 unspecified atom stereocenters. The van der Waals surface area contributed by atoms with Crippen molar-refractivity contribution in [1.29, 1.82) is 0 Å². The molecular formula is C13H19N3O3S. The maximum absolute atomic E-state index is 11.5. The number of sulfone groups is 1. The smallest absolute Gasteiger partial charge is 0.231 e. The van der Waals surface area contributed by atoms with E-state index in [1.807, 2.05) is 0 Å². The van der Waals surface area contributed by atoms with Gasteiger partial charge in [0.15, 0.2) is 15.7 Å². The van der Waals surface area contributed by atoms with Crippen LogP contribution in [-0.2, 0) is 9.84 Å². The number of aromatic nitrogens is 2. The molecule has 2 saturated carbocycles. The van der Waals surface area contributed by atoms with Gasteiger partial charge in [0, 0.05) is 12.0 Å². The van der Waals surface area contributed by atoms with Crippen LogP contribution in [0.25, 0.3) is 0 Å². The monoisotopic (exact) mass is 297 g/mol. The van der Waals surface area contributed by atoms with Crippen LogP contribution in [0, 0.1) is 11.8 Å². The third-order valence-electron chi connectivity index (χ3n) is 5.32. The largest absolute Gasteiger partial charge is 0.339 e. The summed E-state index contributed by atoms with van der Waals surface area (Å²) in [6.45, 7) is 0. The molecule has 2 aliphatic carbocycles. The Morgan fingerprint density at radius 3 is 2.65 bits per heavy atom. The minimum absolute atomic E-state index is 0.104. The SMILES string of the molecule is NC1C2CCC(C2)C1c1nc(C2CCS(=O)(=O)C2)no1. The Morgan fingerprint density at radius 2 is 2.00 bits per heavy atom. The van der Waals surface area contributed by atoms with Crippen molar-refractivity contribution in [3.05, 3.63) is 11.7 Å². The van der Waals surface area contributed by atoms with E-state index in [-0.39, 0.29) is 29.4 Å². The minimum Gasteiger partial charge on any atom is -0.339 e. The average molecular weight is 297 g/mol. The number of hydrogen-bond donors (Lipinski definition) is 1. The van der Waals surface area contributed by atoms with E-state index in [1.165, 1.54) is 19.3 Å². The van der Waals surface area contributed by atoms with Crippen LogP contribution >= 0.6 is 0 Å². The molecular weight excluding hydrogens is 278 g/mol. The molecule has 4 rings (SSSR count). The molecule has 3 aliphatic rings. The molecule has 3 fully saturated rings. The molecule has 1 aromatic heterocycles. The summed E-state index contributed by atoms with van der Waals surface area (Å²) < 4.78 is 28.5. The Bertz CT molecular complexity index is 625. The van der Waals surface area contributed by atoms with Crippen molar-refractivity contribution in [2.45, 2.75) is 43.6 Å². The van der Waals surface area contributed by atoms with E-state index in [2.05, 4.69) is 10.1 Å². The van der Waals surface area contributed by atoms with Crippen molar-refractivity contribution >= 4 is 9.84 Å². The number of nitrogens with zero attached hydrogens (tertiary/aromatic N) is 2. The first-order valence-corrected chi connectivity index (χ1v) is 9.15. The van der Waals surface area contributed by atoms with E-state index in [0.717, 1.165) is 0 Å². The van der Waals surface area contributed by atoms with Gasteiger partial charge < -0.3 is 10.3 Å². The predicted octanol–water partition coefficient (Wildman–Crippen LogP) is 0.812. The summed E-state index contributed by atoms with van der Waals surface area (Å²) in [5.74, 6) is 2.78. The van der Waals surface area contributed by atoms with Crippen LogP contribution in [0.3, 0.4) is 0 Å². The Kier molecular flexibility index (Phi) is 2.73. The lowest BCUT2D eigenvalue weighted by molar-refractivity contribution is 0.278. The van der Waals surface area contributed by atoms with Crippen LogP contribution in [-0.4, -0.2) is 36.1 Å². The molecule has 7 heteroatoms. The van der Waals surface area contributed by atoms with E-state index < -0.39 is 9.84 Å². The maximum atomic E-state index is 11.5. The predicted molar refractivity (Wildman–Crippen MR) is 71.9 cm³/mol. The lowest BCUT2D eigenvalue weighted by Gasteiger charge is -2.24. The van der Waals surface area contributed by atoms with Gasteiger partial charge in [-0.25, -0.2) is 8.42 Å². The fourth-order valence-electron chi connectivity index (χ4n) is 4.25. The van der Waals surface area contributed by atoms with E-state index in [1.54, 1.807) is 0 Å². The molecule has 20 heavy (non-hydrogen) atoms. The molecule has 0 amide bonds. The van der Waals surface area contributed by atoms with Crippen LogP contribution in [0.1, 0.15) is 49.2 Å². The molecule has 5 atom stereocenters. The summed E-state index contributed by atoms with van der Waals surface area (Å²) in [5, 5.41) is 4.02. The van der Waals surface area contributed by atoms with Gasteiger partial charge in [-0.3, -0.25) is 0 Å². The average Bonchev–Trinajstić information content (AvgIpc) is 3.11. The molecule has 0 spiro atoms. The van der Waals surface area contributed by atoms with Gasteiger partial charge in [-0.2, -0.15) is 4.98 Å². The Balaban J connectivity index is 1.57. The third kappa shape index (κ3) is 1.90. The van der Waals surface area contributed by atoms with Crippen LogP contribution < -0.4 is 5.73 Å². The van der Waals surface area contributed by atoms with Gasteiger partial charge >= 0.3 is 0 Å². The van der Waals surface area contributed by atoms with E-state index in [0.29, 0.717) is 30.0 Å². The van der Waals surface area contributed by atoms with Crippen molar-refractivity contribution in [3.8, 4) is 0 Å². The van der Waals surface area contributed by atoms with Crippen molar-refractivity contribution in [3.63, 3.8) is 0 Å². The Morgan fingerprint density at radius 1 is 1.20 bits per heavy atom. The van der Waals surface area contributed by atoms with E-state index >= 15 is 0 Å². The molecule has 2 heterocycles. The third-order valence-corrected chi connectivity index (χ3v) is 7.09. The number of rotatable bonds is 2. The zero-order valence-corrected chi connectivity index (χ0v) is 12.1. The molecule has 0 aromatic carbocycles. The summed E-state index contributed by atoms with van der Waals surface area (Å²) in [7, 11) is -2.92. The van der Waals surface area contributed by atoms with Crippen LogP contribution in [0.4, 0.5) is 0 Å². The van der Waals surface area contributed by atoms with Crippen LogP contribution in [0.2, 0.25) is 0 Å². The number of nitrogens with two attached hydrogens (primary N) is 1. The Labute approximate surface area is 118 Å². The summed E-state index contributed by atoms with van der Waals surface area (Å²) in [6, 6.07) is 0.120. The van der Waals surface area contributed by atoms with Gasteiger partial charge in [-0.15, -0.1) is 0 Å². The lowest BCUT2D eigenvalue weighted by Crippen LogP contribution is -2.34. The molecule has 1 aliphatic heterocycles. The van der Waals surface area contributed by atoms with Crippen molar-refractivity contribution in [2.24, 2.45) is 17.6 Å². The van der Waals surface area contributed by atoms with Crippen molar-refractivity contribution in [1.82, 2.24) is 10.1 Å². The topological polar surface area (TPSA) is 99.1 Å². The van der Waals surface area contributed by atoms with Crippen LogP contribution in [0.5, 0.6) is 0 Å². The quantitative estimate of drug-likeness (QED) is 0.867. The highest BCUT2D eigenvalue weighted by Crippen LogP contribution is 2.51. The summed E-state index contributed by atoms with van der Waals surface area (Å²) in [4.78, 5) is 4.49. The molecule has 6 nitrogen and oxygen atoms in total. The van der Waals surface area contributed by atoms with Gasteiger partial charge in [0.05, 0.1) is 17.4 Å². The second kappa shape index (κ2) is 4.27. The Hall–Kier alpha value is -0.950. The van der Waals surface area contributed by atoms with Gasteiger partial charge in [0.2, 0.25) is 5.89 Å². The summed E-state index contributed by atoms with van der Waals surface area (Å²) in [5.41, 5.74) is 6.28. The zero-order valence-electron chi connectivity index (χ0n) is 11.2. The highest BCUT2D eigenvalue weighted by Gasteiger charge is 2.49. The first-order chi connectivity index (χ1) is 9.53. The molecule has 2 N–H and O–H groups in total. The first kappa shape index (κ1) is 12.8. The molecule has 110 valence electrons. The van der Waals surface area contributed by atoms with E-state index in [4.69, 9.17) is 10.3 Å². The van der Waals surface area contributed by atoms with Gasteiger partial charge in [-0.1, -0.05) is 5.16 Å². The first-order valence-electron chi connectivity index (χ1n) is 7.33. The van der Waals surface area contributed by atoms with Gasteiger partial charge in [-0.05, 0) is 37.5 Å². The fourth-order valence-corrected chi connectivity index (χ4v) is 5.99. The summed E-state index contributed by atoms with van der Waals surface area (Å²) >= 11 is 0. The molecule has 2 bridgehead atoms. The molecule has 1 saturated heterocycles. The second-order valence-electron chi connectivity index (χ2n) is 6.53. The standard InChI is InChI=1S/C13H19N3O3S/c14-11-8-2-1-7(5-8)10(11)13-15-12(16-19-13)9-3-4-20(17,18)6-9/h7-11H,1-6,14H2. The highest BCUT2D eigenvalue weighted by molar-refractivity contribution is 7.91. The molecule has 1 aromatic rings. The second-order valence-corrected chi connectivity index (χ2v) is 8.76. The zero-order chi connectivity index (χ0) is 13.9. The van der Waals surface area contributed by atoms with Gasteiger partial charge in [0.25, 0.3) is 0 Å². The minimum atomic E-state index is -2.92. The summed E-state index contributed by atoms with van der Waals surface area (Å²) in [6.07, 6.45) is 4.17. The number of hydrogen-bond acceptors (Lipinski definition) is 6. The van der Waals surface area contributed by atoms with Crippen molar-refractivity contribution in [2.75, 3.05) is 11.5 Å². The highest BCUT2D eigenvalue weighted by atomic mass is 32.2. The molecule has 0 radical (unpaired) electrons. The van der Waals surface area contributed by atoms with E-state index in [9.17, 15) is 8.42 Å². The maximum Gasteiger partial charge on any atom is 0.231 e. The normalized spacial score (nSPS) is 42.4. The van der Waals surface area contributed by atoms with Gasteiger partial charge in [0.1, 0.15) is 0 Å². The van der Waals surface area contributed by atoms with Crippen molar-refractivity contribution < 1.29 is 12.9 Å². The fraction of sp³-hybridized carbons (Fsp3) is 0.846. The van der Waals surface area contributed by atoms with Crippen LogP contribution in [0.15, 0.2) is 4.52 Å². The number of fused-ring (bicyclic) bond motifs is 2. The lowest BCUT2D eigenvalue weighted by atomic mass is 9.85.